The average molecular weight is 338 g/mol. The van der Waals surface area contributed by atoms with Crippen LogP contribution in [-0.4, -0.2) is 45.8 Å². The van der Waals surface area contributed by atoms with Gasteiger partial charge in [-0.3, -0.25) is 9.69 Å². The highest BCUT2D eigenvalue weighted by atomic mass is 16.3. The topological polar surface area (TPSA) is 55.8 Å². The zero-order valence-corrected chi connectivity index (χ0v) is 16.4. The standard InChI is InChI=1S/C17H29N3O2.C2H6/c1-7-9-13-12(5)18-15-14(13)16(21)19(8-2)17(6,22)20(15)10-11(3)4;1-2/h7,11-13,18,22H,1,8-10H2,2-6H3;1-2H3. The molecule has 24 heavy (non-hydrogen) atoms. The summed E-state index contributed by atoms with van der Waals surface area (Å²) in [6.07, 6.45) is 2.62. The molecule has 3 atom stereocenters. The number of aliphatic hydroxyl groups is 1. The molecule has 0 saturated carbocycles. The van der Waals surface area contributed by atoms with Gasteiger partial charge in [-0.05, 0) is 26.2 Å². The van der Waals surface area contributed by atoms with Crippen molar-refractivity contribution in [2.75, 3.05) is 13.1 Å². The van der Waals surface area contributed by atoms with Gasteiger partial charge < -0.3 is 15.3 Å². The molecule has 138 valence electrons. The fraction of sp³-hybridized carbons (Fsp3) is 0.737. The molecular formula is C19H35N3O2. The number of allylic oxidation sites excluding steroid dienone is 1. The lowest BCUT2D eigenvalue weighted by Gasteiger charge is -2.50. The van der Waals surface area contributed by atoms with Gasteiger partial charge in [0, 0.05) is 32.0 Å². The molecule has 2 heterocycles. The number of rotatable bonds is 5. The molecule has 5 nitrogen and oxygen atoms in total. The lowest BCUT2D eigenvalue weighted by atomic mass is 9.90. The van der Waals surface area contributed by atoms with E-state index in [9.17, 15) is 9.90 Å². The highest BCUT2D eigenvalue weighted by Crippen LogP contribution is 2.40. The van der Waals surface area contributed by atoms with Crippen molar-refractivity contribution in [1.29, 1.82) is 0 Å². The first-order chi connectivity index (χ1) is 11.3. The van der Waals surface area contributed by atoms with Crippen LogP contribution < -0.4 is 5.32 Å². The minimum atomic E-state index is -1.30. The van der Waals surface area contributed by atoms with Crippen LogP contribution in [0.4, 0.5) is 0 Å². The number of nitrogens with zero attached hydrogens (tertiary/aromatic N) is 2. The number of carbonyl (C=O) groups excluding carboxylic acids is 1. The predicted molar refractivity (Wildman–Crippen MR) is 98.8 cm³/mol. The van der Waals surface area contributed by atoms with Gasteiger partial charge >= 0.3 is 0 Å². The van der Waals surface area contributed by atoms with E-state index in [1.807, 2.05) is 31.7 Å². The van der Waals surface area contributed by atoms with E-state index in [-0.39, 0.29) is 17.9 Å². The van der Waals surface area contributed by atoms with Crippen molar-refractivity contribution in [3.8, 4) is 0 Å². The molecule has 3 unspecified atom stereocenters. The quantitative estimate of drug-likeness (QED) is 0.758. The molecule has 0 fully saturated rings. The summed E-state index contributed by atoms with van der Waals surface area (Å²) in [6.45, 7) is 18.9. The maximum absolute atomic E-state index is 12.9. The zero-order valence-electron chi connectivity index (χ0n) is 16.4. The highest BCUT2D eigenvalue weighted by Gasteiger charge is 2.51. The van der Waals surface area contributed by atoms with Crippen LogP contribution >= 0.6 is 0 Å². The van der Waals surface area contributed by atoms with Crippen LogP contribution in [0, 0.1) is 11.8 Å². The van der Waals surface area contributed by atoms with Crippen LogP contribution in [0.2, 0.25) is 0 Å². The number of hydrogen-bond acceptors (Lipinski definition) is 4. The Balaban J connectivity index is 0.00000139. The summed E-state index contributed by atoms with van der Waals surface area (Å²) in [6, 6.07) is 0.161. The van der Waals surface area contributed by atoms with Crippen molar-refractivity contribution in [2.45, 2.75) is 66.8 Å². The van der Waals surface area contributed by atoms with Gasteiger partial charge in [-0.15, -0.1) is 6.58 Å². The van der Waals surface area contributed by atoms with E-state index in [4.69, 9.17) is 0 Å². The smallest absolute Gasteiger partial charge is 0.257 e. The SMILES string of the molecule is C=CCC1C2=C(NC1C)N(CC(C)C)C(C)(O)N(CC)C2=O.CC. The molecular weight excluding hydrogens is 302 g/mol. The Bertz CT molecular complexity index is 497. The van der Waals surface area contributed by atoms with Gasteiger partial charge in [0.25, 0.3) is 5.91 Å². The first kappa shape index (κ1) is 20.6. The lowest BCUT2D eigenvalue weighted by Crippen LogP contribution is -2.65. The molecule has 1 amide bonds. The summed E-state index contributed by atoms with van der Waals surface area (Å²) >= 11 is 0. The molecule has 0 spiro atoms. The summed E-state index contributed by atoms with van der Waals surface area (Å²) in [5.41, 5.74) is 0.793. The third-order valence-electron chi connectivity index (χ3n) is 4.65. The number of amides is 1. The number of nitrogens with one attached hydrogen (secondary N) is 1. The Kier molecular flexibility index (Phi) is 6.90. The molecule has 0 bridgehead atoms. The minimum absolute atomic E-state index is 0.0637. The van der Waals surface area contributed by atoms with E-state index in [1.54, 1.807) is 11.8 Å². The fourth-order valence-electron chi connectivity index (χ4n) is 3.57. The Morgan fingerprint density at radius 2 is 1.96 bits per heavy atom. The maximum atomic E-state index is 12.9. The van der Waals surface area contributed by atoms with E-state index in [1.165, 1.54) is 0 Å². The van der Waals surface area contributed by atoms with Crippen molar-refractivity contribution in [3.05, 3.63) is 24.0 Å². The van der Waals surface area contributed by atoms with E-state index in [0.717, 1.165) is 17.8 Å². The van der Waals surface area contributed by atoms with Crippen molar-refractivity contribution in [3.63, 3.8) is 0 Å². The van der Waals surface area contributed by atoms with Crippen molar-refractivity contribution < 1.29 is 9.90 Å². The molecule has 5 heteroatoms. The minimum Gasteiger partial charge on any atom is -0.368 e. The molecule has 2 N–H and O–H groups in total. The first-order valence-corrected chi connectivity index (χ1v) is 9.19. The van der Waals surface area contributed by atoms with Gasteiger partial charge in [0.05, 0.1) is 5.57 Å². The van der Waals surface area contributed by atoms with Gasteiger partial charge in [-0.1, -0.05) is 33.8 Å². The fourth-order valence-corrected chi connectivity index (χ4v) is 3.57. The summed E-state index contributed by atoms with van der Waals surface area (Å²) in [7, 11) is 0. The van der Waals surface area contributed by atoms with Crippen LogP contribution in [0.3, 0.4) is 0 Å². The van der Waals surface area contributed by atoms with Crippen LogP contribution in [0.1, 0.15) is 54.9 Å². The second-order valence-electron chi connectivity index (χ2n) is 6.85. The van der Waals surface area contributed by atoms with Gasteiger partial charge in [-0.2, -0.15) is 0 Å². The molecule has 0 radical (unpaired) electrons. The Labute approximate surface area is 147 Å². The second-order valence-corrected chi connectivity index (χ2v) is 6.85. The third kappa shape index (κ3) is 3.46. The third-order valence-corrected chi connectivity index (χ3v) is 4.65. The Morgan fingerprint density at radius 1 is 1.38 bits per heavy atom. The summed E-state index contributed by atoms with van der Waals surface area (Å²) < 4.78 is 0. The molecule has 0 aromatic heterocycles. The number of hydrogen-bond donors (Lipinski definition) is 2. The summed E-state index contributed by atoms with van der Waals surface area (Å²) in [5.74, 6) is -0.0773. The van der Waals surface area contributed by atoms with E-state index >= 15 is 0 Å². The average Bonchev–Trinajstić information content (AvgIpc) is 2.83. The van der Waals surface area contributed by atoms with Crippen LogP contribution in [0.25, 0.3) is 0 Å². The molecule has 2 aliphatic heterocycles. The zero-order chi connectivity index (χ0) is 18.7. The molecule has 0 saturated heterocycles. The van der Waals surface area contributed by atoms with Crippen molar-refractivity contribution in [2.24, 2.45) is 11.8 Å². The van der Waals surface area contributed by atoms with E-state index in [0.29, 0.717) is 19.0 Å². The Morgan fingerprint density at radius 3 is 2.42 bits per heavy atom. The van der Waals surface area contributed by atoms with Crippen LogP contribution in [0.15, 0.2) is 24.0 Å². The Hall–Kier alpha value is -1.49. The number of carbonyl (C=O) groups is 1. The molecule has 2 aliphatic rings. The highest BCUT2D eigenvalue weighted by molar-refractivity contribution is 5.96. The van der Waals surface area contributed by atoms with E-state index in [2.05, 4.69) is 32.7 Å². The first-order valence-electron chi connectivity index (χ1n) is 9.19. The van der Waals surface area contributed by atoms with Gasteiger partial charge in [0.1, 0.15) is 5.82 Å². The van der Waals surface area contributed by atoms with Gasteiger partial charge in [0.2, 0.25) is 5.85 Å². The summed E-state index contributed by atoms with van der Waals surface area (Å²) in [5, 5.41) is 14.4. The van der Waals surface area contributed by atoms with Gasteiger partial charge in [-0.25, -0.2) is 0 Å². The van der Waals surface area contributed by atoms with Crippen molar-refractivity contribution in [1.82, 2.24) is 15.1 Å². The van der Waals surface area contributed by atoms with Gasteiger partial charge in [0.15, 0.2) is 0 Å². The van der Waals surface area contributed by atoms with Crippen LogP contribution in [-0.2, 0) is 4.79 Å². The maximum Gasteiger partial charge on any atom is 0.257 e. The summed E-state index contributed by atoms with van der Waals surface area (Å²) in [4.78, 5) is 16.4. The largest absolute Gasteiger partial charge is 0.368 e. The molecule has 0 aromatic carbocycles. The molecule has 0 aliphatic carbocycles. The molecule has 2 rings (SSSR count). The molecule has 0 aromatic rings. The number of likely N-dealkylation sites (N-methyl/N-ethyl adjacent to an activating group) is 1. The second kappa shape index (κ2) is 8.06. The normalized spacial score (nSPS) is 29.3. The monoisotopic (exact) mass is 337 g/mol. The lowest BCUT2D eigenvalue weighted by molar-refractivity contribution is -0.204. The van der Waals surface area contributed by atoms with Crippen LogP contribution in [0.5, 0.6) is 0 Å². The van der Waals surface area contributed by atoms with E-state index < -0.39 is 5.85 Å². The van der Waals surface area contributed by atoms with Crippen molar-refractivity contribution >= 4 is 5.91 Å². The predicted octanol–water partition coefficient (Wildman–Crippen LogP) is 2.89.